The van der Waals surface area contributed by atoms with E-state index in [9.17, 15) is 9.00 Å². The minimum Gasteiger partial charge on any atom is -0.399 e. The quantitative estimate of drug-likeness (QED) is 0.839. The number of hydrogen-bond donors (Lipinski definition) is 2. The van der Waals surface area contributed by atoms with Crippen molar-refractivity contribution in [3.63, 3.8) is 0 Å². The fourth-order valence-corrected chi connectivity index (χ4v) is 3.99. The van der Waals surface area contributed by atoms with Gasteiger partial charge in [-0.25, -0.2) is 0 Å². The van der Waals surface area contributed by atoms with E-state index in [1.165, 1.54) is 6.42 Å². The minimum absolute atomic E-state index is 0.0236. The van der Waals surface area contributed by atoms with Gasteiger partial charge in [-0.15, -0.1) is 0 Å². The smallest absolute Gasteiger partial charge is 0.237 e. The lowest BCUT2D eigenvalue weighted by molar-refractivity contribution is -0.113. The van der Waals surface area contributed by atoms with E-state index in [-0.39, 0.29) is 16.9 Å². The molecule has 1 aliphatic carbocycles. The zero-order valence-corrected chi connectivity index (χ0v) is 12.8. The van der Waals surface area contributed by atoms with Gasteiger partial charge in [0.1, 0.15) is 5.75 Å². The summed E-state index contributed by atoms with van der Waals surface area (Å²) in [5.41, 5.74) is 6.65. The molecule has 1 amide bonds. The van der Waals surface area contributed by atoms with E-state index in [2.05, 4.69) is 5.32 Å². The molecule has 110 valence electrons. The summed E-state index contributed by atoms with van der Waals surface area (Å²) in [6.45, 7) is 0. The summed E-state index contributed by atoms with van der Waals surface area (Å²) < 4.78 is 12.1. The number of nitrogens with one attached hydrogen (secondary N) is 1. The van der Waals surface area contributed by atoms with Gasteiger partial charge in [-0.1, -0.05) is 30.9 Å². The van der Waals surface area contributed by atoms with Crippen molar-refractivity contribution in [1.29, 1.82) is 0 Å². The van der Waals surface area contributed by atoms with Crippen LogP contribution in [0.25, 0.3) is 0 Å². The molecule has 2 rings (SSSR count). The lowest BCUT2D eigenvalue weighted by Crippen LogP contribution is -2.27. The Bertz CT molecular complexity index is 516. The predicted molar refractivity (Wildman–Crippen MR) is 84.4 cm³/mol. The average molecular weight is 315 g/mol. The van der Waals surface area contributed by atoms with E-state index >= 15 is 0 Å². The molecule has 20 heavy (non-hydrogen) atoms. The number of carbonyl (C=O) groups is 1. The van der Waals surface area contributed by atoms with Crippen LogP contribution in [0.4, 0.5) is 11.4 Å². The van der Waals surface area contributed by atoms with Crippen molar-refractivity contribution < 1.29 is 9.00 Å². The highest BCUT2D eigenvalue weighted by Crippen LogP contribution is 2.25. The van der Waals surface area contributed by atoms with Crippen LogP contribution in [-0.4, -0.2) is 21.1 Å². The van der Waals surface area contributed by atoms with Gasteiger partial charge in [0.15, 0.2) is 0 Å². The van der Waals surface area contributed by atoms with Crippen molar-refractivity contribution in [2.75, 3.05) is 16.8 Å². The maximum atomic E-state index is 12.1. The molecular formula is C14H19ClN2O2S. The van der Waals surface area contributed by atoms with Crippen LogP contribution in [0.15, 0.2) is 18.2 Å². The van der Waals surface area contributed by atoms with Crippen LogP contribution in [-0.2, 0) is 15.6 Å². The molecule has 1 aromatic rings. The van der Waals surface area contributed by atoms with Crippen LogP contribution in [0.2, 0.25) is 5.02 Å². The van der Waals surface area contributed by atoms with Gasteiger partial charge < -0.3 is 11.1 Å². The maximum Gasteiger partial charge on any atom is 0.237 e. The SMILES string of the molecule is Nc1ccc(Cl)c(NC(=O)CS(=O)C2CCCCC2)c1. The molecule has 0 bridgehead atoms. The molecule has 6 heteroatoms. The van der Waals surface area contributed by atoms with Gasteiger partial charge in [-0.2, -0.15) is 0 Å². The van der Waals surface area contributed by atoms with Crippen molar-refractivity contribution in [2.24, 2.45) is 0 Å². The molecule has 0 aliphatic heterocycles. The molecule has 3 N–H and O–H groups in total. The first-order valence-corrected chi connectivity index (χ1v) is 8.54. The average Bonchev–Trinajstić information content (AvgIpc) is 2.43. The summed E-state index contributed by atoms with van der Waals surface area (Å²) in [7, 11) is -1.11. The number of anilines is 2. The van der Waals surface area contributed by atoms with E-state index in [1.807, 2.05) is 0 Å². The number of hydrogen-bond acceptors (Lipinski definition) is 3. The Morgan fingerprint density at radius 2 is 2.05 bits per heavy atom. The first-order chi connectivity index (χ1) is 9.56. The van der Waals surface area contributed by atoms with Crippen LogP contribution in [0.1, 0.15) is 32.1 Å². The number of benzene rings is 1. The van der Waals surface area contributed by atoms with Gasteiger partial charge in [0.05, 0.1) is 10.7 Å². The normalized spacial score (nSPS) is 17.6. The second kappa shape index (κ2) is 7.09. The number of halogens is 1. The van der Waals surface area contributed by atoms with Gasteiger partial charge in [0.2, 0.25) is 5.91 Å². The molecule has 1 saturated carbocycles. The number of rotatable bonds is 4. The van der Waals surface area contributed by atoms with Gasteiger partial charge in [-0.05, 0) is 31.0 Å². The fourth-order valence-electron chi connectivity index (χ4n) is 2.40. The Morgan fingerprint density at radius 3 is 2.75 bits per heavy atom. The molecule has 1 aliphatic rings. The molecule has 0 radical (unpaired) electrons. The van der Waals surface area contributed by atoms with Crippen LogP contribution >= 0.6 is 11.6 Å². The van der Waals surface area contributed by atoms with E-state index in [1.54, 1.807) is 18.2 Å². The monoisotopic (exact) mass is 314 g/mol. The third-order valence-corrected chi connectivity index (χ3v) is 5.55. The van der Waals surface area contributed by atoms with Gasteiger partial charge in [-0.3, -0.25) is 9.00 Å². The van der Waals surface area contributed by atoms with Crippen LogP contribution in [0, 0.1) is 0 Å². The van der Waals surface area contributed by atoms with Crippen LogP contribution in [0.5, 0.6) is 0 Å². The molecule has 1 aromatic carbocycles. The number of carbonyl (C=O) groups excluding carboxylic acids is 1. The van der Waals surface area contributed by atoms with E-state index in [0.717, 1.165) is 25.7 Å². The first kappa shape index (κ1) is 15.3. The largest absolute Gasteiger partial charge is 0.399 e. The number of nitrogens with two attached hydrogens (primary N) is 1. The number of amides is 1. The predicted octanol–water partition coefficient (Wildman–Crippen LogP) is 2.94. The second-order valence-electron chi connectivity index (χ2n) is 5.07. The van der Waals surface area contributed by atoms with Gasteiger partial charge in [0, 0.05) is 21.7 Å². The summed E-state index contributed by atoms with van der Waals surface area (Å²) >= 11 is 5.98. The molecule has 0 aromatic heterocycles. The Hall–Kier alpha value is -1.07. The second-order valence-corrected chi connectivity index (χ2v) is 7.20. The summed E-state index contributed by atoms with van der Waals surface area (Å²) in [5, 5.41) is 3.26. The summed E-state index contributed by atoms with van der Waals surface area (Å²) in [5.74, 6) is -0.253. The molecule has 0 heterocycles. The van der Waals surface area contributed by atoms with Crippen molar-refractivity contribution in [3.05, 3.63) is 23.2 Å². The van der Waals surface area contributed by atoms with Crippen LogP contribution in [0.3, 0.4) is 0 Å². The Labute approximate surface area is 126 Å². The summed E-state index contributed by atoms with van der Waals surface area (Å²) in [4.78, 5) is 11.9. The van der Waals surface area contributed by atoms with E-state index in [0.29, 0.717) is 16.4 Å². The van der Waals surface area contributed by atoms with Crippen LogP contribution < -0.4 is 11.1 Å². The molecule has 1 unspecified atom stereocenters. The standard InChI is InChI=1S/C14H19ClN2O2S/c15-12-7-6-10(16)8-13(12)17-14(18)9-20(19)11-4-2-1-3-5-11/h6-8,11H,1-5,9,16H2,(H,17,18). The molecule has 0 saturated heterocycles. The Morgan fingerprint density at radius 1 is 1.35 bits per heavy atom. The lowest BCUT2D eigenvalue weighted by Gasteiger charge is -2.20. The third kappa shape index (κ3) is 4.21. The zero-order valence-electron chi connectivity index (χ0n) is 11.2. The maximum absolute atomic E-state index is 12.1. The highest BCUT2D eigenvalue weighted by Gasteiger charge is 2.22. The zero-order chi connectivity index (χ0) is 14.5. The molecular weight excluding hydrogens is 296 g/mol. The van der Waals surface area contributed by atoms with E-state index in [4.69, 9.17) is 17.3 Å². The van der Waals surface area contributed by atoms with Gasteiger partial charge in [0.25, 0.3) is 0 Å². The highest BCUT2D eigenvalue weighted by molar-refractivity contribution is 7.86. The van der Waals surface area contributed by atoms with E-state index < -0.39 is 10.8 Å². The third-order valence-electron chi connectivity index (χ3n) is 3.46. The first-order valence-electron chi connectivity index (χ1n) is 6.78. The molecule has 1 atom stereocenters. The minimum atomic E-state index is -1.11. The Balaban J connectivity index is 1.91. The van der Waals surface area contributed by atoms with Crippen molar-refractivity contribution in [1.82, 2.24) is 0 Å². The molecule has 4 nitrogen and oxygen atoms in total. The lowest BCUT2D eigenvalue weighted by atomic mass is 10.0. The van der Waals surface area contributed by atoms with Gasteiger partial charge >= 0.3 is 0 Å². The fraction of sp³-hybridized carbons (Fsp3) is 0.500. The number of nitrogen functional groups attached to an aromatic ring is 1. The summed E-state index contributed by atoms with van der Waals surface area (Å²) in [6, 6.07) is 4.90. The summed E-state index contributed by atoms with van der Waals surface area (Å²) in [6.07, 6.45) is 5.34. The topological polar surface area (TPSA) is 72.2 Å². The molecule has 1 fully saturated rings. The van der Waals surface area contributed by atoms with Crippen molar-refractivity contribution in [2.45, 2.75) is 37.4 Å². The highest BCUT2D eigenvalue weighted by atomic mass is 35.5. The van der Waals surface area contributed by atoms with Crippen molar-refractivity contribution in [3.8, 4) is 0 Å². The Kier molecular flexibility index (Phi) is 5.43. The van der Waals surface area contributed by atoms with Crippen molar-refractivity contribution >= 4 is 39.7 Å². The molecule has 0 spiro atoms.